The number of nitrogens with one attached hydrogen (secondary N) is 1. The van der Waals surface area contributed by atoms with Crippen LogP contribution in [0.1, 0.15) is 97.6 Å². The number of hydrogen-bond acceptors (Lipinski definition) is 4. The zero-order valence-corrected chi connectivity index (χ0v) is 21.8. The van der Waals surface area contributed by atoms with Crippen molar-refractivity contribution >= 4 is 11.8 Å². The van der Waals surface area contributed by atoms with E-state index in [2.05, 4.69) is 53.4 Å². The van der Waals surface area contributed by atoms with E-state index in [1.165, 1.54) is 49.8 Å². The molecule has 3 saturated carbocycles. The summed E-state index contributed by atoms with van der Waals surface area (Å²) >= 11 is 0. The number of carbonyl (C=O) groups excluding carboxylic acids is 2. The van der Waals surface area contributed by atoms with Gasteiger partial charge in [0.1, 0.15) is 6.04 Å². The van der Waals surface area contributed by atoms with E-state index in [9.17, 15) is 9.59 Å². The van der Waals surface area contributed by atoms with Crippen LogP contribution in [-0.4, -0.2) is 63.1 Å². The highest BCUT2D eigenvalue weighted by Crippen LogP contribution is 2.42. The number of aryl methyl sites for hydroxylation is 1. The Bertz CT molecular complexity index is 1150. The Morgan fingerprint density at radius 1 is 1.00 bits per heavy atom. The normalized spacial score (nSPS) is 25.6. The molecule has 1 N–H and O–H groups in total. The van der Waals surface area contributed by atoms with Crippen molar-refractivity contribution < 1.29 is 9.59 Å². The van der Waals surface area contributed by atoms with Crippen molar-refractivity contribution in [3.63, 3.8) is 0 Å². The number of nitrogens with zero attached hydrogens (tertiary/aromatic N) is 4. The zero-order valence-electron chi connectivity index (χ0n) is 21.8. The van der Waals surface area contributed by atoms with Crippen molar-refractivity contribution in [2.75, 3.05) is 19.6 Å². The van der Waals surface area contributed by atoms with Crippen molar-refractivity contribution in [2.45, 2.75) is 82.3 Å². The second-order valence-corrected chi connectivity index (χ2v) is 11.6. The van der Waals surface area contributed by atoms with E-state index in [1.54, 1.807) is 0 Å². The molecular weight excluding hydrogens is 450 g/mol. The lowest BCUT2D eigenvalue weighted by molar-refractivity contribution is -0.129. The third-order valence-corrected chi connectivity index (χ3v) is 8.82. The number of carbonyl (C=O) groups is 2. The van der Waals surface area contributed by atoms with Crippen molar-refractivity contribution in [3.8, 4) is 0 Å². The van der Waals surface area contributed by atoms with Crippen LogP contribution < -0.4 is 5.32 Å². The van der Waals surface area contributed by atoms with E-state index in [1.807, 2.05) is 22.7 Å². The molecule has 2 amide bonds. The summed E-state index contributed by atoms with van der Waals surface area (Å²) < 4.78 is 1.88. The molecule has 1 saturated heterocycles. The Kier molecular flexibility index (Phi) is 6.14. The van der Waals surface area contributed by atoms with E-state index in [0.29, 0.717) is 36.5 Å². The standard InChI is InChI=1S/C29H39N5O2/c1-18-19(2)34(29(36)25-16-26(22-11-12-22)32(3)31-25)14-13-33(18)27(28(35)30-17-20-7-8-20)24-6-4-5-23(15-24)21-9-10-21/h4-6,15-16,18-22,27H,7-14,17H2,1-3H3,(H,30,35). The largest absolute Gasteiger partial charge is 0.354 e. The number of aromatic nitrogens is 2. The molecule has 2 aromatic rings. The lowest BCUT2D eigenvalue weighted by Crippen LogP contribution is -2.61. The van der Waals surface area contributed by atoms with Crippen molar-refractivity contribution in [2.24, 2.45) is 13.0 Å². The Balaban J connectivity index is 1.22. The van der Waals surface area contributed by atoms with Crippen LogP contribution in [0.4, 0.5) is 0 Å². The van der Waals surface area contributed by atoms with Gasteiger partial charge in [0, 0.05) is 50.4 Å². The summed E-state index contributed by atoms with van der Waals surface area (Å²) in [5.41, 5.74) is 4.14. The number of amides is 2. The smallest absolute Gasteiger partial charge is 0.274 e. The van der Waals surface area contributed by atoms with Crippen molar-refractivity contribution in [1.82, 2.24) is 24.9 Å². The van der Waals surface area contributed by atoms with Crippen LogP contribution in [0.3, 0.4) is 0 Å². The average molecular weight is 490 g/mol. The summed E-state index contributed by atoms with van der Waals surface area (Å²) in [6.07, 6.45) is 7.29. The predicted molar refractivity (Wildman–Crippen MR) is 139 cm³/mol. The van der Waals surface area contributed by atoms with E-state index in [4.69, 9.17) is 0 Å². The fourth-order valence-electron chi connectivity index (χ4n) is 5.87. The molecular formula is C29H39N5O2. The van der Waals surface area contributed by atoms with E-state index < -0.39 is 0 Å². The second kappa shape index (κ2) is 9.33. The molecule has 7 nitrogen and oxygen atoms in total. The van der Waals surface area contributed by atoms with Crippen LogP contribution in [0, 0.1) is 5.92 Å². The van der Waals surface area contributed by atoms with Crippen LogP contribution in [-0.2, 0) is 11.8 Å². The van der Waals surface area contributed by atoms with E-state index >= 15 is 0 Å². The molecule has 2 heterocycles. The molecule has 1 aliphatic heterocycles. The molecule has 4 fully saturated rings. The fourth-order valence-corrected chi connectivity index (χ4v) is 5.87. The number of hydrogen-bond donors (Lipinski definition) is 1. The monoisotopic (exact) mass is 489 g/mol. The minimum Gasteiger partial charge on any atom is -0.354 e. The van der Waals surface area contributed by atoms with Crippen molar-refractivity contribution in [1.29, 1.82) is 0 Å². The lowest BCUT2D eigenvalue weighted by Gasteiger charge is -2.47. The van der Waals surface area contributed by atoms with Gasteiger partial charge >= 0.3 is 0 Å². The van der Waals surface area contributed by atoms with E-state index in [-0.39, 0.29) is 29.9 Å². The van der Waals surface area contributed by atoms with Gasteiger partial charge in [-0.2, -0.15) is 5.10 Å². The quantitative estimate of drug-likeness (QED) is 0.609. The Morgan fingerprint density at radius 3 is 2.44 bits per heavy atom. The van der Waals surface area contributed by atoms with Crippen LogP contribution >= 0.6 is 0 Å². The first-order valence-electron chi connectivity index (χ1n) is 13.9. The van der Waals surface area contributed by atoms with Gasteiger partial charge in [-0.3, -0.25) is 19.2 Å². The minimum atomic E-state index is -0.339. The van der Waals surface area contributed by atoms with Crippen LogP contribution in [0.25, 0.3) is 0 Å². The van der Waals surface area contributed by atoms with Gasteiger partial charge in [-0.15, -0.1) is 0 Å². The molecule has 0 spiro atoms. The fraction of sp³-hybridized carbons (Fsp3) is 0.621. The van der Waals surface area contributed by atoms with Gasteiger partial charge in [0.25, 0.3) is 5.91 Å². The third kappa shape index (κ3) is 4.70. The highest BCUT2D eigenvalue weighted by Gasteiger charge is 2.41. The molecule has 192 valence electrons. The van der Waals surface area contributed by atoms with Crippen LogP contribution in [0.15, 0.2) is 30.3 Å². The van der Waals surface area contributed by atoms with Crippen molar-refractivity contribution in [3.05, 3.63) is 52.8 Å². The maximum atomic E-state index is 13.6. The first-order valence-corrected chi connectivity index (χ1v) is 13.9. The summed E-state index contributed by atoms with van der Waals surface area (Å²) in [4.78, 5) is 31.4. The Labute approximate surface area is 214 Å². The lowest BCUT2D eigenvalue weighted by atomic mass is 9.95. The van der Waals surface area contributed by atoms with Gasteiger partial charge in [-0.05, 0) is 81.4 Å². The molecule has 1 aromatic heterocycles. The molecule has 1 aromatic carbocycles. The summed E-state index contributed by atoms with van der Waals surface area (Å²) in [7, 11) is 1.94. The van der Waals surface area contributed by atoms with E-state index in [0.717, 1.165) is 12.1 Å². The maximum Gasteiger partial charge on any atom is 0.274 e. The van der Waals surface area contributed by atoms with Gasteiger partial charge in [-0.1, -0.05) is 24.3 Å². The molecule has 3 atom stereocenters. The molecule has 36 heavy (non-hydrogen) atoms. The molecule has 3 aliphatic carbocycles. The molecule has 4 aliphatic rings. The van der Waals surface area contributed by atoms with Gasteiger partial charge in [-0.25, -0.2) is 0 Å². The number of piperazine rings is 1. The topological polar surface area (TPSA) is 70.5 Å². The second-order valence-electron chi connectivity index (χ2n) is 11.6. The Morgan fingerprint density at radius 2 is 1.75 bits per heavy atom. The molecule has 7 heteroatoms. The first kappa shape index (κ1) is 23.7. The highest BCUT2D eigenvalue weighted by molar-refractivity contribution is 5.93. The predicted octanol–water partition coefficient (Wildman–Crippen LogP) is 3.98. The zero-order chi connectivity index (χ0) is 25.0. The molecule has 6 rings (SSSR count). The van der Waals surface area contributed by atoms with Gasteiger partial charge in [0.2, 0.25) is 5.91 Å². The summed E-state index contributed by atoms with van der Waals surface area (Å²) in [5, 5.41) is 7.81. The van der Waals surface area contributed by atoms with Gasteiger partial charge in [0.15, 0.2) is 5.69 Å². The third-order valence-electron chi connectivity index (χ3n) is 8.82. The number of benzene rings is 1. The van der Waals surface area contributed by atoms with Gasteiger partial charge in [0.05, 0.1) is 0 Å². The maximum absolute atomic E-state index is 13.6. The minimum absolute atomic E-state index is 0.00182. The van der Waals surface area contributed by atoms with Crippen LogP contribution in [0.2, 0.25) is 0 Å². The first-order chi connectivity index (χ1) is 17.4. The highest BCUT2D eigenvalue weighted by atomic mass is 16.2. The molecule has 0 bridgehead atoms. The Hall–Kier alpha value is -2.67. The SMILES string of the molecule is CC1C(C)N(C(C(=O)NCC2CC2)c2cccc(C3CC3)c2)CCN1C(=O)c1cc(C2CC2)n(C)n1. The number of rotatable bonds is 8. The molecule has 3 unspecified atom stereocenters. The average Bonchev–Trinajstić information content (AvgIpc) is 3.74. The van der Waals surface area contributed by atoms with Gasteiger partial charge < -0.3 is 10.2 Å². The summed E-state index contributed by atoms with van der Waals surface area (Å²) in [5.74, 6) is 1.93. The summed E-state index contributed by atoms with van der Waals surface area (Å²) in [6, 6.07) is 10.3. The summed E-state index contributed by atoms with van der Waals surface area (Å²) in [6.45, 7) is 6.29. The molecule has 0 radical (unpaired) electrons. The van der Waals surface area contributed by atoms with Crippen LogP contribution in [0.5, 0.6) is 0 Å².